The Morgan fingerprint density at radius 3 is 2.26 bits per heavy atom. The van der Waals surface area contributed by atoms with Crippen molar-refractivity contribution in [3.05, 3.63) is 0 Å². The second kappa shape index (κ2) is 5.75. The number of likely N-dealkylation sites (tertiary alicyclic amines) is 1. The Hall–Kier alpha value is -0.680. The standard InChI is InChI=1S/C14H24N2O2S/c1-10-4-3-5-11(2)16(10)13(17)14(12(15)19)6-8-18-9-7-14/h10-11H,3-9H2,1-2H3,(H2,15,19)/t10-,11+. The van der Waals surface area contributed by atoms with Crippen LogP contribution in [0.2, 0.25) is 0 Å². The van der Waals surface area contributed by atoms with Gasteiger partial charge in [0.15, 0.2) is 0 Å². The fourth-order valence-electron chi connectivity index (χ4n) is 3.35. The summed E-state index contributed by atoms with van der Waals surface area (Å²) in [6.45, 7) is 5.39. The van der Waals surface area contributed by atoms with Gasteiger partial charge in [-0.1, -0.05) is 12.2 Å². The average molecular weight is 284 g/mol. The molecule has 2 N–H and O–H groups in total. The van der Waals surface area contributed by atoms with Crippen molar-refractivity contribution >= 4 is 23.1 Å². The molecule has 108 valence electrons. The molecule has 2 rings (SSSR count). The third kappa shape index (κ3) is 2.63. The molecule has 2 saturated heterocycles. The van der Waals surface area contributed by atoms with Crippen molar-refractivity contribution in [3.63, 3.8) is 0 Å². The molecule has 2 fully saturated rings. The lowest BCUT2D eigenvalue weighted by Gasteiger charge is -2.46. The smallest absolute Gasteiger partial charge is 0.236 e. The molecule has 5 heteroatoms. The molecule has 0 bridgehead atoms. The summed E-state index contributed by atoms with van der Waals surface area (Å²) in [5, 5.41) is 0. The van der Waals surface area contributed by atoms with E-state index in [2.05, 4.69) is 13.8 Å². The van der Waals surface area contributed by atoms with Crippen LogP contribution in [-0.4, -0.2) is 41.1 Å². The number of carbonyl (C=O) groups excluding carboxylic acids is 1. The van der Waals surface area contributed by atoms with Crippen LogP contribution >= 0.6 is 12.2 Å². The number of nitrogens with zero attached hydrogens (tertiary/aromatic N) is 1. The van der Waals surface area contributed by atoms with Crippen molar-refractivity contribution in [2.45, 2.75) is 58.0 Å². The molecule has 0 saturated carbocycles. The van der Waals surface area contributed by atoms with Crippen LogP contribution in [0.25, 0.3) is 0 Å². The van der Waals surface area contributed by atoms with E-state index in [0.29, 0.717) is 31.0 Å². The SMILES string of the molecule is C[C@@H]1CCC[C@H](C)N1C(=O)C1(C(N)=S)CCOCC1. The van der Waals surface area contributed by atoms with E-state index in [1.165, 1.54) is 6.42 Å². The number of piperidine rings is 1. The van der Waals surface area contributed by atoms with E-state index in [9.17, 15) is 4.79 Å². The number of carbonyl (C=O) groups is 1. The number of amides is 1. The molecule has 0 aromatic rings. The molecule has 0 aliphatic carbocycles. The van der Waals surface area contributed by atoms with Gasteiger partial charge in [-0.2, -0.15) is 0 Å². The predicted molar refractivity (Wildman–Crippen MR) is 78.9 cm³/mol. The number of thiocarbonyl (C=S) groups is 1. The molecule has 1 amide bonds. The lowest BCUT2D eigenvalue weighted by Crippen LogP contribution is -2.58. The maximum Gasteiger partial charge on any atom is 0.236 e. The molecule has 2 atom stereocenters. The lowest BCUT2D eigenvalue weighted by atomic mass is 9.77. The molecular weight excluding hydrogens is 260 g/mol. The van der Waals surface area contributed by atoms with E-state index in [0.717, 1.165) is 12.8 Å². The van der Waals surface area contributed by atoms with Gasteiger partial charge in [0.05, 0.1) is 4.99 Å². The van der Waals surface area contributed by atoms with Gasteiger partial charge in [-0.25, -0.2) is 0 Å². The summed E-state index contributed by atoms with van der Waals surface area (Å²) in [7, 11) is 0. The summed E-state index contributed by atoms with van der Waals surface area (Å²) in [5.41, 5.74) is 5.26. The topological polar surface area (TPSA) is 55.6 Å². The van der Waals surface area contributed by atoms with E-state index in [-0.39, 0.29) is 18.0 Å². The van der Waals surface area contributed by atoms with Gasteiger partial charge in [0.1, 0.15) is 5.41 Å². The minimum absolute atomic E-state index is 0.128. The van der Waals surface area contributed by atoms with E-state index in [4.69, 9.17) is 22.7 Å². The van der Waals surface area contributed by atoms with Gasteiger partial charge in [0.2, 0.25) is 5.91 Å². The molecule has 2 aliphatic heterocycles. The summed E-state index contributed by atoms with van der Waals surface area (Å²) in [4.78, 5) is 15.4. The van der Waals surface area contributed by atoms with Crippen LogP contribution in [0.1, 0.15) is 46.0 Å². The number of hydrogen-bond donors (Lipinski definition) is 1. The van der Waals surface area contributed by atoms with Crippen molar-refractivity contribution in [2.75, 3.05) is 13.2 Å². The zero-order valence-electron chi connectivity index (χ0n) is 11.9. The molecule has 2 heterocycles. The largest absolute Gasteiger partial charge is 0.392 e. The number of rotatable bonds is 2. The molecule has 19 heavy (non-hydrogen) atoms. The molecule has 2 aliphatic rings. The second-order valence-electron chi connectivity index (χ2n) is 5.90. The first-order valence-corrected chi connectivity index (χ1v) is 7.60. The first-order chi connectivity index (χ1) is 8.99. The Morgan fingerprint density at radius 1 is 1.26 bits per heavy atom. The first-order valence-electron chi connectivity index (χ1n) is 7.19. The van der Waals surface area contributed by atoms with Crippen LogP contribution in [0.3, 0.4) is 0 Å². The van der Waals surface area contributed by atoms with E-state index >= 15 is 0 Å². The third-order valence-electron chi connectivity index (χ3n) is 4.66. The van der Waals surface area contributed by atoms with Crippen LogP contribution in [0.5, 0.6) is 0 Å². The zero-order chi connectivity index (χ0) is 14.0. The minimum atomic E-state index is -0.673. The van der Waals surface area contributed by atoms with Crippen molar-refractivity contribution in [1.82, 2.24) is 4.90 Å². The van der Waals surface area contributed by atoms with E-state index in [1.54, 1.807) is 0 Å². The zero-order valence-corrected chi connectivity index (χ0v) is 12.7. The van der Waals surface area contributed by atoms with E-state index < -0.39 is 5.41 Å². The maximum absolute atomic E-state index is 13.0. The summed E-state index contributed by atoms with van der Waals surface area (Å²) in [6, 6.07) is 0.565. The monoisotopic (exact) mass is 284 g/mol. The molecule has 0 aromatic heterocycles. The number of ether oxygens (including phenoxy) is 1. The predicted octanol–water partition coefficient (Wildman–Crippen LogP) is 1.86. The average Bonchev–Trinajstić information content (AvgIpc) is 2.39. The van der Waals surface area contributed by atoms with Gasteiger partial charge in [0, 0.05) is 25.3 Å². The molecule has 4 nitrogen and oxygen atoms in total. The number of nitrogens with two attached hydrogens (primary N) is 1. The third-order valence-corrected chi connectivity index (χ3v) is 5.05. The van der Waals surface area contributed by atoms with Crippen molar-refractivity contribution < 1.29 is 9.53 Å². The van der Waals surface area contributed by atoms with Gasteiger partial charge < -0.3 is 15.4 Å². The normalized spacial score (nSPS) is 30.9. The Labute approximate surface area is 120 Å². The lowest BCUT2D eigenvalue weighted by molar-refractivity contribution is -0.148. The van der Waals surface area contributed by atoms with Crippen LogP contribution < -0.4 is 5.73 Å². The van der Waals surface area contributed by atoms with Crippen LogP contribution in [-0.2, 0) is 9.53 Å². The molecule has 0 aromatic carbocycles. The Morgan fingerprint density at radius 2 is 1.79 bits per heavy atom. The van der Waals surface area contributed by atoms with Crippen LogP contribution in [0.15, 0.2) is 0 Å². The second-order valence-corrected chi connectivity index (χ2v) is 6.34. The fraction of sp³-hybridized carbons (Fsp3) is 0.857. The maximum atomic E-state index is 13.0. The summed E-state index contributed by atoms with van der Waals surface area (Å²) >= 11 is 5.23. The highest BCUT2D eigenvalue weighted by molar-refractivity contribution is 7.80. The Kier molecular flexibility index (Phi) is 4.46. The van der Waals surface area contributed by atoms with E-state index in [1.807, 2.05) is 4.90 Å². The summed E-state index contributed by atoms with van der Waals surface area (Å²) in [5.74, 6) is 0.128. The molecule has 0 unspecified atom stereocenters. The summed E-state index contributed by atoms with van der Waals surface area (Å²) < 4.78 is 5.38. The molecule has 0 spiro atoms. The van der Waals surface area contributed by atoms with Crippen molar-refractivity contribution in [1.29, 1.82) is 0 Å². The van der Waals surface area contributed by atoms with Crippen LogP contribution in [0.4, 0.5) is 0 Å². The van der Waals surface area contributed by atoms with Crippen molar-refractivity contribution in [2.24, 2.45) is 11.1 Å². The van der Waals surface area contributed by atoms with Gasteiger partial charge in [0.25, 0.3) is 0 Å². The van der Waals surface area contributed by atoms with Gasteiger partial charge in [-0.15, -0.1) is 0 Å². The molecule has 0 radical (unpaired) electrons. The Balaban J connectivity index is 2.26. The highest BCUT2D eigenvalue weighted by atomic mass is 32.1. The fourth-order valence-corrected chi connectivity index (χ4v) is 3.65. The van der Waals surface area contributed by atoms with Gasteiger partial charge >= 0.3 is 0 Å². The highest BCUT2D eigenvalue weighted by Crippen LogP contribution is 2.36. The molecular formula is C14H24N2O2S. The summed E-state index contributed by atoms with van der Waals surface area (Å²) in [6.07, 6.45) is 4.57. The van der Waals surface area contributed by atoms with Crippen molar-refractivity contribution in [3.8, 4) is 0 Å². The first kappa shape index (κ1) is 14.7. The van der Waals surface area contributed by atoms with Crippen LogP contribution in [0, 0.1) is 5.41 Å². The highest BCUT2D eigenvalue weighted by Gasteiger charge is 2.47. The Bertz CT molecular complexity index is 356. The quantitative estimate of drug-likeness (QED) is 0.786. The minimum Gasteiger partial charge on any atom is -0.392 e. The van der Waals surface area contributed by atoms with Gasteiger partial charge in [-0.3, -0.25) is 4.79 Å². The van der Waals surface area contributed by atoms with Gasteiger partial charge in [-0.05, 0) is 46.0 Å². The number of hydrogen-bond acceptors (Lipinski definition) is 3.